The second kappa shape index (κ2) is 15.6. The van der Waals surface area contributed by atoms with E-state index in [1.54, 1.807) is 0 Å². The Labute approximate surface area is 262 Å². The summed E-state index contributed by atoms with van der Waals surface area (Å²) in [5.74, 6) is 7.15. The molecule has 0 atom stereocenters. The number of nitrogens with zero attached hydrogens (tertiary/aromatic N) is 1. The SMILES string of the molecule is CCCCCCCCOc1ccc2cc(C#Cc3ccc4c5c(cccc35)C(=O)N(CCCCCCCC)C4=O)ccc2c1. The first-order valence-electron chi connectivity index (χ1n) is 16.7. The van der Waals surface area contributed by atoms with E-state index in [0.717, 1.165) is 70.7 Å². The number of unbranched alkanes of at least 4 members (excludes halogenated alkanes) is 10. The van der Waals surface area contributed by atoms with Crippen molar-refractivity contribution in [1.82, 2.24) is 4.90 Å². The molecule has 44 heavy (non-hydrogen) atoms. The van der Waals surface area contributed by atoms with Crippen LogP contribution < -0.4 is 4.74 Å². The van der Waals surface area contributed by atoms with Gasteiger partial charge in [-0.1, -0.05) is 114 Å². The van der Waals surface area contributed by atoms with E-state index in [-0.39, 0.29) is 11.8 Å². The van der Waals surface area contributed by atoms with Gasteiger partial charge in [-0.25, -0.2) is 0 Å². The summed E-state index contributed by atoms with van der Waals surface area (Å²) in [5.41, 5.74) is 2.91. The second-order valence-electron chi connectivity index (χ2n) is 12.0. The van der Waals surface area contributed by atoms with Crippen LogP contribution in [0.2, 0.25) is 0 Å². The quantitative estimate of drug-likeness (QED) is 0.0790. The topological polar surface area (TPSA) is 46.6 Å². The van der Waals surface area contributed by atoms with E-state index in [4.69, 9.17) is 4.74 Å². The van der Waals surface area contributed by atoms with Crippen molar-refractivity contribution in [2.45, 2.75) is 90.9 Å². The first-order valence-corrected chi connectivity index (χ1v) is 16.7. The smallest absolute Gasteiger partial charge is 0.261 e. The Morgan fingerprint density at radius 1 is 0.636 bits per heavy atom. The molecule has 0 aromatic heterocycles. The van der Waals surface area contributed by atoms with Crippen LogP contribution in [0.4, 0.5) is 0 Å². The van der Waals surface area contributed by atoms with E-state index >= 15 is 0 Å². The third-order valence-corrected chi connectivity index (χ3v) is 8.65. The maximum absolute atomic E-state index is 13.4. The van der Waals surface area contributed by atoms with Crippen molar-refractivity contribution in [2.24, 2.45) is 0 Å². The van der Waals surface area contributed by atoms with Crippen molar-refractivity contribution >= 4 is 33.4 Å². The molecule has 4 aromatic rings. The molecule has 1 aliphatic heterocycles. The van der Waals surface area contributed by atoms with Crippen molar-refractivity contribution in [3.63, 3.8) is 0 Å². The molecule has 1 heterocycles. The summed E-state index contributed by atoms with van der Waals surface area (Å²) in [5, 5.41) is 3.81. The fourth-order valence-electron chi connectivity index (χ4n) is 6.11. The van der Waals surface area contributed by atoms with Crippen molar-refractivity contribution < 1.29 is 14.3 Å². The fraction of sp³-hybridized carbons (Fsp3) is 0.400. The van der Waals surface area contributed by atoms with Crippen molar-refractivity contribution in [1.29, 1.82) is 0 Å². The van der Waals surface area contributed by atoms with Gasteiger partial charge in [0, 0.05) is 34.2 Å². The molecule has 0 bridgehead atoms. The van der Waals surface area contributed by atoms with Crippen LogP contribution in [0.25, 0.3) is 21.5 Å². The summed E-state index contributed by atoms with van der Waals surface area (Å²) in [6.07, 6.45) is 14.2. The van der Waals surface area contributed by atoms with Crippen LogP contribution in [0.15, 0.2) is 66.7 Å². The Morgan fingerprint density at radius 3 is 2.07 bits per heavy atom. The van der Waals surface area contributed by atoms with Crippen LogP contribution in [0, 0.1) is 11.8 Å². The minimum absolute atomic E-state index is 0.198. The predicted molar refractivity (Wildman–Crippen MR) is 181 cm³/mol. The summed E-state index contributed by atoms with van der Waals surface area (Å²) in [6, 6.07) is 21.9. The number of hydrogen-bond donors (Lipinski definition) is 0. The molecule has 0 saturated heterocycles. The molecule has 0 spiro atoms. The monoisotopic (exact) mass is 587 g/mol. The highest BCUT2D eigenvalue weighted by molar-refractivity contribution is 6.26. The van der Waals surface area contributed by atoms with Crippen molar-refractivity contribution in [3.05, 3.63) is 89.0 Å². The molecule has 4 heteroatoms. The Morgan fingerprint density at radius 2 is 1.30 bits per heavy atom. The fourth-order valence-corrected chi connectivity index (χ4v) is 6.11. The largest absolute Gasteiger partial charge is 0.494 e. The molecule has 0 saturated carbocycles. The number of amides is 2. The number of benzene rings is 4. The molecule has 4 nitrogen and oxygen atoms in total. The Kier molecular flexibility index (Phi) is 11.1. The molecule has 4 aromatic carbocycles. The van der Waals surface area contributed by atoms with Crippen molar-refractivity contribution in [3.8, 4) is 17.6 Å². The van der Waals surface area contributed by atoms with Gasteiger partial charge in [-0.3, -0.25) is 14.5 Å². The van der Waals surface area contributed by atoms with Crippen LogP contribution in [0.1, 0.15) is 123 Å². The molecule has 2 amide bonds. The standard InChI is InChI=1S/C40H45NO3/c1-3-5-7-9-11-13-26-41-39(42)36-17-15-16-35-31(23-25-37(38(35)36)40(41)43)20-18-30-19-21-33-29-34(24-22-32(33)28-30)44-27-14-12-10-8-6-4-2/h15-17,19,21-25,28-29H,3-14,26-27H2,1-2H3. The normalized spacial score (nSPS) is 12.5. The van der Waals surface area contributed by atoms with Gasteiger partial charge in [0.15, 0.2) is 0 Å². The highest BCUT2D eigenvalue weighted by Gasteiger charge is 2.32. The Bertz CT molecular complexity index is 1650. The van der Waals surface area contributed by atoms with Gasteiger partial charge in [0.05, 0.1) is 6.61 Å². The number of ether oxygens (including phenoxy) is 1. The molecule has 0 fully saturated rings. The van der Waals surface area contributed by atoms with Gasteiger partial charge in [-0.2, -0.15) is 0 Å². The summed E-state index contributed by atoms with van der Waals surface area (Å²) < 4.78 is 6.01. The number of carbonyl (C=O) groups excluding carboxylic acids is 2. The number of rotatable bonds is 15. The van der Waals surface area contributed by atoms with Crippen LogP contribution in [-0.4, -0.2) is 29.9 Å². The number of carbonyl (C=O) groups is 2. The minimum atomic E-state index is -0.198. The van der Waals surface area contributed by atoms with Gasteiger partial charge in [-0.05, 0) is 71.5 Å². The molecular formula is C40H45NO3. The molecule has 0 radical (unpaired) electrons. The third-order valence-electron chi connectivity index (χ3n) is 8.65. The maximum atomic E-state index is 13.4. The molecule has 5 rings (SSSR count). The van der Waals surface area contributed by atoms with Crippen molar-refractivity contribution in [2.75, 3.05) is 13.2 Å². The number of imide groups is 1. The van der Waals surface area contributed by atoms with Crippen LogP contribution >= 0.6 is 0 Å². The zero-order chi connectivity index (χ0) is 30.7. The predicted octanol–water partition coefficient (Wildman–Crippen LogP) is 10.1. The van der Waals surface area contributed by atoms with Crippen LogP contribution in [-0.2, 0) is 0 Å². The van der Waals surface area contributed by atoms with Gasteiger partial charge in [-0.15, -0.1) is 0 Å². The average Bonchev–Trinajstić information content (AvgIpc) is 3.05. The summed E-state index contributed by atoms with van der Waals surface area (Å²) in [6.45, 7) is 5.67. The van der Waals surface area contributed by atoms with Crippen LogP contribution in [0.5, 0.6) is 5.75 Å². The van der Waals surface area contributed by atoms with Gasteiger partial charge < -0.3 is 4.74 Å². The number of hydrogen-bond acceptors (Lipinski definition) is 3. The lowest BCUT2D eigenvalue weighted by atomic mass is 9.91. The van der Waals surface area contributed by atoms with Gasteiger partial charge >= 0.3 is 0 Å². The summed E-state index contributed by atoms with van der Waals surface area (Å²) >= 11 is 0. The molecule has 0 N–H and O–H groups in total. The molecule has 0 aliphatic carbocycles. The second-order valence-corrected chi connectivity index (χ2v) is 12.0. The van der Waals surface area contributed by atoms with E-state index in [1.807, 2.05) is 42.5 Å². The molecule has 0 unspecified atom stereocenters. The summed E-state index contributed by atoms with van der Waals surface area (Å²) in [7, 11) is 0. The first-order chi connectivity index (χ1) is 21.6. The average molecular weight is 588 g/mol. The lowest BCUT2D eigenvalue weighted by molar-refractivity contribution is 0.0607. The molecule has 228 valence electrons. The van der Waals surface area contributed by atoms with E-state index in [9.17, 15) is 9.59 Å². The molecular weight excluding hydrogens is 542 g/mol. The van der Waals surface area contributed by atoms with Gasteiger partial charge in [0.25, 0.3) is 11.8 Å². The maximum Gasteiger partial charge on any atom is 0.261 e. The van der Waals surface area contributed by atoms with Gasteiger partial charge in [0.2, 0.25) is 0 Å². The van der Waals surface area contributed by atoms with Crippen LogP contribution in [0.3, 0.4) is 0 Å². The van der Waals surface area contributed by atoms with E-state index in [1.165, 1.54) is 56.3 Å². The van der Waals surface area contributed by atoms with Gasteiger partial charge in [0.1, 0.15) is 5.75 Å². The highest BCUT2D eigenvalue weighted by atomic mass is 16.5. The lowest BCUT2D eigenvalue weighted by Gasteiger charge is -2.27. The summed E-state index contributed by atoms with van der Waals surface area (Å²) in [4.78, 5) is 28.2. The lowest BCUT2D eigenvalue weighted by Crippen LogP contribution is -2.40. The minimum Gasteiger partial charge on any atom is -0.494 e. The Balaban J connectivity index is 1.27. The Hall–Kier alpha value is -4.10. The zero-order valence-electron chi connectivity index (χ0n) is 26.4. The van der Waals surface area contributed by atoms with E-state index in [0.29, 0.717) is 17.7 Å². The highest BCUT2D eigenvalue weighted by Crippen LogP contribution is 2.32. The third kappa shape index (κ3) is 7.51. The number of fused-ring (bicyclic) bond motifs is 1. The van der Waals surface area contributed by atoms with E-state index in [2.05, 4.69) is 50.0 Å². The van der Waals surface area contributed by atoms with E-state index < -0.39 is 0 Å². The zero-order valence-corrected chi connectivity index (χ0v) is 26.4. The first kappa shape index (κ1) is 31.3. The molecule has 1 aliphatic rings.